The fraction of sp³-hybridized carbons (Fsp3) is 0.0870. The van der Waals surface area contributed by atoms with Crippen molar-refractivity contribution in [1.29, 1.82) is 0 Å². The van der Waals surface area contributed by atoms with Crippen molar-refractivity contribution in [3.63, 3.8) is 0 Å². The van der Waals surface area contributed by atoms with Crippen LogP contribution in [0.2, 0.25) is 5.02 Å². The van der Waals surface area contributed by atoms with E-state index >= 15 is 0 Å². The molecule has 7 heteroatoms. The minimum atomic E-state index is -0.408. The summed E-state index contributed by atoms with van der Waals surface area (Å²) in [6, 6.07) is 14.6. The van der Waals surface area contributed by atoms with Crippen LogP contribution in [0.1, 0.15) is 21.5 Å². The first-order valence-corrected chi connectivity index (χ1v) is 10.1. The van der Waals surface area contributed by atoms with E-state index in [0.717, 1.165) is 4.47 Å². The van der Waals surface area contributed by atoms with Crippen LogP contribution in [0.25, 0.3) is 6.08 Å². The standard InChI is InChI=1S/C23H15BrClFO4/c1-28-20-7-3-15(24)8-14(20)9-22-23(27)18-6-5-17(11-21(18)30-22)29-12-13-2-4-16(26)10-19(13)25/h2-11H,12H2,1H3. The summed E-state index contributed by atoms with van der Waals surface area (Å²) >= 11 is 9.45. The number of allylic oxidation sites excluding steroid dienone is 1. The number of carbonyl (C=O) groups excluding carboxylic acids is 1. The number of hydrogen-bond donors (Lipinski definition) is 0. The molecular formula is C23H15BrClFO4. The minimum absolute atomic E-state index is 0.157. The highest BCUT2D eigenvalue weighted by Gasteiger charge is 2.28. The molecule has 0 bridgehead atoms. The second-order valence-corrected chi connectivity index (χ2v) is 7.83. The molecule has 0 saturated heterocycles. The Balaban J connectivity index is 1.55. The van der Waals surface area contributed by atoms with Crippen LogP contribution in [0, 0.1) is 5.82 Å². The van der Waals surface area contributed by atoms with E-state index in [4.69, 9.17) is 25.8 Å². The molecule has 0 unspecified atom stereocenters. The van der Waals surface area contributed by atoms with Gasteiger partial charge in [-0.15, -0.1) is 0 Å². The largest absolute Gasteiger partial charge is 0.496 e. The molecule has 3 aromatic carbocycles. The van der Waals surface area contributed by atoms with Crippen molar-refractivity contribution in [2.45, 2.75) is 6.61 Å². The van der Waals surface area contributed by atoms with E-state index in [-0.39, 0.29) is 23.2 Å². The monoisotopic (exact) mass is 488 g/mol. The number of benzene rings is 3. The molecule has 0 N–H and O–H groups in total. The number of fused-ring (bicyclic) bond motifs is 1. The summed E-state index contributed by atoms with van der Waals surface area (Å²) in [6.45, 7) is 0.157. The SMILES string of the molecule is COc1ccc(Br)cc1C=C1Oc2cc(OCc3ccc(F)cc3Cl)ccc2C1=O. The molecule has 1 aliphatic rings. The highest BCUT2D eigenvalue weighted by Crippen LogP contribution is 2.36. The number of carbonyl (C=O) groups is 1. The predicted molar refractivity (Wildman–Crippen MR) is 116 cm³/mol. The summed E-state index contributed by atoms with van der Waals surface area (Å²) in [5, 5.41) is 0.288. The molecule has 0 fully saturated rings. The number of ether oxygens (including phenoxy) is 3. The van der Waals surface area contributed by atoms with E-state index in [1.165, 1.54) is 12.1 Å². The molecule has 0 atom stereocenters. The molecule has 0 spiro atoms. The second-order valence-electron chi connectivity index (χ2n) is 6.51. The summed E-state index contributed by atoms with van der Waals surface area (Å²) in [6.07, 6.45) is 1.64. The van der Waals surface area contributed by atoms with Gasteiger partial charge < -0.3 is 14.2 Å². The lowest BCUT2D eigenvalue weighted by Gasteiger charge is -2.09. The van der Waals surface area contributed by atoms with E-state index in [1.54, 1.807) is 43.5 Å². The van der Waals surface area contributed by atoms with Crippen molar-refractivity contribution in [1.82, 2.24) is 0 Å². The zero-order valence-electron chi connectivity index (χ0n) is 15.7. The topological polar surface area (TPSA) is 44.8 Å². The second kappa shape index (κ2) is 8.50. The number of Topliss-reactive ketones (excluding diaryl/α,β-unsaturated/α-hetero) is 1. The third kappa shape index (κ3) is 4.20. The van der Waals surface area contributed by atoms with Crippen LogP contribution >= 0.6 is 27.5 Å². The molecule has 4 nitrogen and oxygen atoms in total. The molecule has 0 amide bonds. The molecule has 0 radical (unpaired) electrons. The number of rotatable bonds is 5. The van der Waals surface area contributed by atoms with Crippen molar-refractivity contribution in [3.8, 4) is 17.2 Å². The van der Waals surface area contributed by atoms with Gasteiger partial charge in [-0.2, -0.15) is 0 Å². The lowest BCUT2D eigenvalue weighted by Crippen LogP contribution is -1.99. The van der Waals surface area contributed by atoms with Crippen molar-refractivity contribution < 1.29 is 23.4 Å². The molecule has 0 aliphatic carbocycles. The Bertz CT molecular complexity index is 1180. The van der Waals surface area contributed by atoms with Crippen LogP contribution in [0.4, 0.5) is 4.39 Å². The molecule has 3 aromatic rings. The van der Waals surface area contributed by atoms with Crippen LogP contribution in [0.3, 0.4) is 0 Å². The maximum absolute atomic E-state index is 13.2. The van der Waals surface area contributed by atoms with Crippen LogP contribution < -0.4 is 14.2 Å². The minimum Gasteiger partial charge on any atom is -0.496 e. The van der Waals surface area contributed by atoms with E-state index < -0.39 is 5.82 Å². The highest BCUT2D eigenvalue weighted by atomic mass is 79.9. The van der Waals surface area contributed by atoms with Gasteiger partial charge in [-0.05, 0) is 48.5 Å². The van der Waals surface area contributed by atoms with Gasteiger partial charge in [0.15, 0.2) is 5.76 Å². The fourth-order valence-electron chi connectivity index (χ4n) is 3.02. The van der Waals surface area contributed by atoms with E-state index in [2.05, 4.69) is 15.9 Å². The van der Waals surface area contributed by atoms with Crippen molar-refractivity contribution in [2.24, 2.45) is 0 Å². The zero-order valence-corrected chi connectivity index (χ0v) is 18.1. The Morgan fingerprint density at radius 2 is 1.97 bits per heavy atom. The first-order chi connectivity index (χ1) is 14.4. The van der Waals surface area contributed by atoms with Crippen molar-refractivity contribution in [3.05, 3.63) is 92.4 Å². The van der Waals surface area contributed by atoms with Gasteiger partial charge >= 0.3 is 0 Å². The normalized spacial score (nSPS) is 13.9. The lowest BCUT2D eigenvalue weighted by molar-refractivity contribution is 0.101. The number of methoxy groups -OCH3 is 1. The van der Waals surface area contributed by atoms with Gasteiger partial charge in [0, 0.05) is 21.7 Å². The quantitative estimate of drug-likeness (QED) is 0.387. The average Bonchev–Trinajstić information content (AvgIpc) is 3.02. The van der Waals surface area contributed by atoms with E-state index in [9.17, 15) is 9.18 Å². The van der Waals surface area contributed by atoms with Crippen molar-refractivity contribution in [2.75, 3.05) is 7.11 Å². The fourth-order valence-corrected chi connectivity index (χ4v) is 3.62. The summed E-state index contributed by atoms with van der Waals surface area (Å²) in [5.74, 6) is 1.10. The molecule has 0 saturated carbocycles. The Morgan fingerprint density at radius 3 is 2.73 bits per heavy atom. The van der Waals surface area contributed by atoms with Crippen LogP contribution in [-0.4, -0.2) is 12.9 Å². The summed E-state index contributed by atoms with van der Waals surface area (Å²) < 4.78 is 30.9. The summed E-state index contributed by atoms with van der Waals surface area (Å²) in [4.78, 5) is 12.7. The highest BCUT2D eigenvalue weighted by molar-refractivity contribution is 9.10. The molecule has 1 aliphatic heterocycles. The predicted octanol–water partition coefficient (Wildman–Crippen LogP) is 6.45. The maximum Gasteiger partial charge on any atom is 0.231 e. The summed E-state index contributed by atoms with van der Waals surface area (Å²) in [7, 11) is 1.56. The number of halogens is 3. The van der Waals surface area contributed by atoms with Crippen molar-refractivity contribution >= 4 is 39.4 Å². The molecular weight excluding hydrogens is 475 g/mol. The van der Waals surface area contributed by atoms with Crippen LogP contribution in [0.15, 0.2) is 64.8 Å². The smallest absolute Gasteiger partial charge is 0.231 e. The third-order valence-corrected chi connectivity index (χ3v) is 5.37. The number of ketones is 1. The Hall–Kier alpha value is -2.83. The van der Waals surface area contributed by atoms with Gasteiger partial charge in [-0.3, -0.25) is 4.79 Å². The number of hydrogen-bond acceptors (Lipinski definition) is 4. The molecule has 1 heterocycles. The Morgan fingerprint density at radius 1 is 1.13 bits per heavy atom. The van der Waals surface area contributed by atoms with Crippen LogP contribution in [-0.2, 0) is 6.61 Å². The maximum atomic E-state index is 13.2. The molecule has 4 rings (SSSR count). The summed E-state index contributed by atoms with van der Waals surface area (Å²) in [5.41, 5.74) is 1.81. The third-order valence-electron chi connectivity index (χ3n) is 4.53. The lowest BCUT2D eigenvalue weighted by atomic mass is 10.1. The Labute approximate surface area is 186 Å². The van der Waals surface area contributed by atoms with Gasteiger partial charge in [-0.25, -0.2) is 4.39 Å². The van der Waals surface area contributed by atoms with Crippen LogP contribution in [0.5, 0.6) is 17.2 Å². The molecule has 152 valence electrons. The zero-order chi connectivity index (χ0) is 21.3. The first-order valence-electron chi connectivity index (χ1n) is 8.93. The molecule has 30 heavy (non-hydrogen) atoms. The first kappa shape index (κ1) is 20.4. The van der Waals surface area contributed by atoms with Gasteiger partial charge in [-0.1, -0.05) is 33.6 Å². The van der Waals surface area contributed by atoms with Gasteiger partial charge in [0.1, 0.15) is 29.7 Å². The van der Waals surface area contributed by atoms with Gasteiger partial charge in [0.05, 0.1) is 17.7 Å². The Kier molecular flexibility index (Phi) is 5.79. The van der Waals surface area contributed by atoms with Gasteiger partial charge in [0.2, 0.25) is 5.78 Å². The average molecular weight is 490 g/mol. The van der Waals surface area contributed by atoms with Gasteiger partial charge in [0.25, 0.3) is 0 Å². The molecule has 0 aromatic heterocycles. The van der Waals surface area contributed by atoms with E-state index in [1.807, 2.05) is 12.1 Å². The van der Waals surface area contributed by atoms with E-state index in [0.29, 0.717) is 33.9 Å².